The SMILES string of the molecule is Cc1nn(-c2ccc(F)cc2)c(Cl)c1/C=C/C(=O)Nc1cccc(Oc2cnccn2)c1. The topological polar surface area (TPSA) is 81.9 Å². The Bertz CT molecular complexity index is 1270. The van der Waals surface area contributed by atoms with Gasteiger partial charge in [-0.1, -0.05) is 17.7 Å². The number of aryl methyl sites for hydroxylation is 1. The van der Waals surface area contributed by atoms with Crippen molar-refractivity contribution in [1.82, 2.24) is 19.7 Å². The smallest absolute Gasteiger partial charge is 0.248 e. The molecule has 0 spiro atoms. The molecule has 160 valence electrons. The zero-order valence-electron chi connectivity index (χ0n) is 16.9. The highest BCUT2D eigenvalue weighted by molar-refractivity contribution is 6.31. The summed E-state index contributed by atoms with van der Waals surface area (Å²) >= 11 is 6.44. The maximum absolute atomic E-state index is 13.2. The number of amides is 1. The lowest BCUT2D eigenvalue weighted by atomic mass is 10.2. The highest BCUT2D eigenvalue weighted by Gasteiger charge is 2.13. The monoisotopic (exact) mass is 449 g/mol. The van der Waals surface area contributed by atoms with Crippen LogP contribution in [0.1, 0.15) is 11.3 Å². The van der Waals surface area contributed by atoms with Crippen molar-refractivity contribution in [1.29, 1.82) is 0 Å². The van der Waals surface area contributed by atoms with Gasteiger partial charge in [0.1, 0.15) is 16.7 Å². The van der Waals surface area contributed by atoms with Gasteiger partial charge < -0.3 is 10.1 Å². The number of anilines is 1. The van der Waals surface area contributed by atoms with Gasteiger partial charge in [0.05, 0.1) is 17.6 Å². The molecule has 2 heterocycles. The third-order valence-corrected chi connectivity index (χ3v) is 4.75. The van der Waals surface area contributed by atoms with Crippen molar-refractivity contribution >= 4 is 29.3 Å². The molecule has 2 aromatic carbocycles. The summed E-state index contributed by atoms with van der Waals surface area (Å²) in [5.41, 5.74) is 2.38. The summed E-state index contributed by atoms with van der Waals surface area (Å²) in [7, 11) is 0. The average molecular weight is 450 g/mol. The predicted molar refractivity (Wildman–Crippen MR) is 119 cm³/mol. The van der Waals surface area contributed by atoms with Crippen molar-refractivity contribution in [2.45, 2.75) is 6.92 Å². The van der Waals surface area contributed by atoms with Crippen LogP contribution in [0.5, 0.6) is 11.6 Å². The Morgan fingerprint density at radius 2 is 2.00 bits per heavy atom. The Hall–Kier alpha value is -4.04. The maximum atomic E-state index is 13.2. The minimum absolute atomic E-state index is 0.317. The van der Waals surface area contributed by atoms with Crippen molar-refractivity contribution in [2.24, 2.45) is 0 Å². The third kappa shape index (κ3) is 4.98. The fourth-order valence-corrected chi connectivity index (χ4v) is 3.23. The van der Waals surface area contributed by atoms with Gasteiger partial charge in [-0.15, -0.1) is 0 Å². The first-order valence-corrected chi connectivity index (χ1v) is 9.91. The van der Waals surface area contributed by atoms with Gasteiger partial charge in [0, 0.05) is 35.8 Å². The van der Waals surface area contributed by atoms with Crippen molar-refractivity contribution in [3.63, 3.8) is 0 Å². The molecule has 0 atom stereocenters. The number of ether oxygens (including phenoxy) is 1. The summed E-state index contributed by atoms with van der Waals surface area (Å²) in [6.07, 6.45) is 7.51. The Morgan fingerprint density at radius 1 is 1.19 bits per heavy atom. The first-order valence-electron chi connectivity index (χ1n) is 9.53. The molecule has 9 heteroatoms. The van der Waals surface area contributed by atoms with Crippen molar-refractivity contribution in [3.05, 3.63) is 95.4 Å². The molecule has 1 N–H and O–H groups in total. The van der Waals surface area contributed by atoms with Crippen molar-refractivity contribution in [3.8, 4) is 17.3 Å². The summed E-state index contributed by atoms with van der Waals surface area (Å²) in [5, 5.41) is 7.46. The summed E-state index contributed by atoms with van der Waals surface area (Å²) in [5.74, 6) is 0.147. The third-order valence-electron chi connectivity index (χ3n) is 4.38. The van der Waals surface area contributed by atoms with E-state index in [2.05, 4.69) is 20.4 Å². The van der Waals surface area contributed by atoms with Crippen molar-refractivity contribution < 1.29 is 13.9 Å². The van der Waals surface area contributed by atoms with Crippen molar-refractivity contribution in [2.75, 3.05) is 5.32 Å². The largest absolute Gasteiger partial charge is 0.437 e. The second kappa shape index (κ2) is 9.40. The maximum Gasteiger partial charge on any atom is 0.248 e. The number of benzene rings is 2. The molecule has 4 aromatic rings. The molecule has 7 nitrogen and oxygen atoms in total. The van der Waals surface area contributed by atoms with E-state index in [0.717, 1.165) is 0 Å². The van der Waals surface area contributed by atoms with Gasteiger partial charge in [0.15, 0.2) is 0 Å². The molecule has 2 aromatic heterocycles. The molecular weight excluding hydrogens is 433 g/mol. The minimum Gasteiger partial charge on any atom is -0.437 e. The normalized spacial score (nSPS) is 11.0. The van der Waals surface area contributed by atoms with Crippen LogP contribution < -0.4 is 10.1 Å². The summed E-state index contributed by atoms with van der Waals surface area (Å²) in [4.78, 5) is 20.4. The van der Waals surface area contributed by atoms with E-state index >= 15 is 0 Å². The van der Waals surface area contributed by atoms with Crippen LogP contribution >= 0.6 is 11.6 Å². The number of hydrogen-bond donors (Lipinski definition) is 1. The summed E-state index contributed by atoms with van der Waals surface area (Å²) in [6.45, 7) is 1.77. The van der Waals surface area contributed by atoms with Crippen LogP contribution in [-0.4, -0.2) is 25.7 Å². The molecular formula is C23H17ClFN5O2. The Morgan fingerprint density at radius 3 is 2.75 bits per heavy atom. The van der Waals surface area contributed by atoms with Gasteiger partial charge in [-0.2, -0.15) is 5.10 Å². The van der Waals surface area contributed by atoms with Crippen LogP contribution in [0.25, 0.3) is 11.8 Å². The van der Waals surface area contributed by atoms with Crippen LogP contribution in [-0.2, 0) is 4.79 Å². The van der Waals surface area contributed by atoms with E-state index in [1.807, 2.05) is 0 Å². The average Bonchev–Trinajstić information content (AvgIpc) is 3.07. The van der Waals surface area contributed by atoms with Gasteiger partial charge in [-0.3, -0.25) is 9.78 Å². The summed E-state index contributed by atoms with van der Waals surface area (Å²) < 4.78 is 20.3. The van der Waals surface area contributed by atoms with Gasteiger partial charge in [-0.05, 0) is 49.4 Å². The van der Waals surface area contributed by atoms with Gasteiger partial charge >= 0.3 is 0 Å². The zero-order valence-corrected chi connectivity index (χ0v) is 17.6. The second-order valence-electron chi connectivity index (χ2n) is 6.67. The number of carbonyl (C=O) groups excluding carboxylic acids is 1. The van der Waals surface area contributed by atoms with E-state index in [1.165, 1.54) is 35.3 Å². The van der Waals surface area contributed by atoms with E-state index in [4.69, 9.17) is 16.3 Å². The molecule has 0 radical (unpaired) electrons. The number of halogens is 2. The zero-order chi connectivity index (χ0) is 22.5. The quantitative estimate of drug-likeness (QED) is 0.409. The van der Waals surface area contributed by atoms with E-state index in [-0.39, 0.29) is 11.7 Å². The van der Waals surface area contributed by atoms with Crippen LogP contribution in [0.4, 0.5) is 10.1 Å². The van der Waals surface area contributed by atoms with Gasteiger partial charge in [0.25, 0.3) is 0 Å². The van der Waals surface area contributed by atoms with E-state index in [9.17, 15) is 9.18 Å². The molecule has 0 unspecified atom stereocenters. The first-order chi connectivity index (χ1) is 15.5. The Balaban J connectivity index is 1.46. The number of carbonyl (C=O) groups is 1. The van der Waals surface area contributed by atoms with Crippen LogP contribution in [0.2, 0.25) is 5.15 Å². The Labute approximate surface area is 188 Å². The van der Waals surface area contributed by atoms with E-state index < -0.39 is 0 Å². The fraction of sp³-hybridized carbons (Fsp3) is 0.0435. The molecule has 0 saturated heterocycles. The van der Waals surface area contributed by atoms with Gasteiger partial charge in [0.2, 0.25) is 11.8 Å². The molecule has 0 bridgehead atoms. The molecule has 0 aliphatic heterocycles. The van der Waals surface area contributed by atoms with Crippen LogP contribution in [0.3, 0.4) is 0 Å². The summed E-state index contributed by atoms with van der Waals surface area (Å²) in [6, 6.07) is 12.7. The number of hydrogen-bond acceptors (Lipinski definition) is 5. The minimum atomic E-state index is -0.355. The Kier molecular flexibility index (Phi) is 6.23. The fourth-order valence-electron chi connectivity index (χ4n) is 2.89. The lowest BCUT2D eigenvalue weighted by Crippen LogP contribution is -2.07. The standard InChI is InChI=1S/C23H17ClFN5O2/c1-15-20(23(24)30(29-15)18-7-5-16(25)6-8-18)9-10-21(31)28-17-3-2-4-19(13-17)32-22-14-26-11-12-27-22/h2-14H,1H3,(H,28,31)/b10-9+. The molecule has 0 aliphatic carbocycles. The lowest BCUT2D eigenvalue weighted by Gasteiger charge is -2.07. The predicted octanol–water partition coefficient (Wildman–Crippen LogP) is 5.21. The van der Waals surface area contributed by atoms with Crippen LogP contribution in [0.15, 0.2) is 73.2 Å². The van der Waals surface area contributed by atoms with E-state index in [1.54, 1.807) is 55.6 Å². The molecule has 0 saturated carbocycles. The van der Waals surface area contributed by atoms with Crippen LogP contribution in [0, 0.1) is 12.7 Å². The number of nitrogens with one attached hydrogen (secondary N) is 1. The van der Waals surface area contributed by atoms with E-state index in [0.29, 0.717) is 39.4 Å². The number of nitrogens with zero attached hydrogens (tertiary/aromatic N) is 4. The number of rotatable bonds is 6. The molecule has 0 aliphatic rings. The second-order valence-corrected chi connectivity index (χ2v) is 7.03. The molecule has 4 rings (SSSR count). The highest BCUT2D eigenvalue weighted by Crippen LogP contribution is 2.25. The lowest BCUT2D eigenvalue weighted by molar-refractivity contribution is -0.111. The number of aromatic nitrogens is 4. The molecule has 1 amide bonds. The highest BCUT2D eigenvalue weighted by atomic mass is 35.5. The first kappa shape index (κ1) is 21.2. The molecule has 32 heavy (non-hydrogen) atoms. The van der Waals surface area contributed by atoms with Gasteiger partial charge in [-0.25, -0.2) is 14.1 Å². The molecule has 0 fully saturated rings.